The normalized spacial score (nSPS) is 20.1. The molecule has 2 N–H and O–H groups in total. The molecule has 1 aliphatic rings. The van der Waals surface area contributed by atoms with Gasteiger partial charge in [0.05, 0.1) is 5.75 Å². The van der Waals surface area contributed by atoms with Crippen molar-refractivity contribution in [2.75, 3.05) is 25.4 Å². The molecule has 1 unspecified atom stereocenters. The summed E-state index contributed by atoms with van der Waals surface area (Å²) in [6.45, 7) is 2.47. The lowest BCUT2D eigenvalue weighted by Crippen LogP contribution is -2.32. The molecule has 5 heteroatoms. The standard InChI is InChI=1S/C13H20N2O2S/c16-18(17,15-11-13-6-8-14-10-13)9-7-12-4-2-1-3-5-12/h1-5,13-15H,6-11H2. The molecule has 2 rings (SSSR count). The number of hydrogen-bond acceptors (Lipinski definition) is 3. The molecule has 100 valence electrons. The number of rotatable bonds is 6. The summed E-state index contributed by atoms with van der Waals surface area (Å²) < 4.78 is 26.4. The van der Waals surface area contributed by atoms with Crippen LogP contribution in [0.2, 0.25) is 0 Å². The summed E-state index contributed by atoms with van der Waals surface area (Å²) in [6, 6.07) is 9.70. The maximum absolute atomic E-state index is 11.8. The molecule has 1 heterocycles. The Bertz CT molecular complexity index is 453. The van der Waals surface area contributed by atoms with Gasteiger partial charge in [0.2, 0.25) is 10.0 Å². The van der Waals surface area contributed by atoms with Crippen LogP contribution >= 0.6 is 0 Å². The van der Waals surface area contributed by atoms with Crippen LogP contribution in [0.4, 0.5) is 0 Å². The summed E-state index contributed by atoms with van der Waals surface area (Å²) >= 11 is 0. The third-order valence-electron chi connectivity index (χ3n) is 3.26. The van der Waals surface area contributed by atoms with E-state index in [2.05, 4.69) is 10.0 Å². The van der Waals surface area contributed by atoms with Gasteiger partial charge in [0.25, 0.3) is 0 Å². The molecule has 1 saturated heterocycles. The number of hydrogen-bond donors (Lipinski definition) is 2. The molecule has 1 atom stereocenters. The lowest BCUT2D eigenvalue weighted by Gasteiger charge is -2.10. The van der Waals surface area contributed by atoms with Crippen LogP contribution in [-0.2, 0) is 16.4 Å². The average Bonchev–Trinajstić information content (AvgIpc) is 2.89. The van der Waals surface area contributed by atoms with Crippen molar-refractivity contribution in [3.05, 3.63) is 35.9 Å². The van der Waals surface area contributed by atoms with Crippen LogP contribution in [-0.4, -0.2) is 33.8 Å². The van der Waals surface area contributed by atoms with Gasteiger partial charge in [-0.25, -0.2) is 13.1 Å². The van der Waals surface area contributed by atoms with Crippen LogP contribution in [0.3, 0.4) is 0 Å². The summed E-state index contributed by atoms with van der Waals surface area (Å²) in [6.07, 6.45) is 1.63. The molecule has 0 aromatic heterocycles. The molecule has 0 radical (unpaired) electrons. The smallest absolute Gasteiger partial charge is 0.211 e. The van der Waals surface area contributed by atoms with E-state index in [1.807, 2.05) is 30.3 Å². The van der Waals surface area contributed by atoms with E-state index >= 15 is 0 Å². The van der Waals surface area contributed by atoms with Crippen LogP contribution in [0.25, 0.3) is 0 Å². The van der Waals surface area contributed by atoms with Gasteiger partial charge < -0.3 is 5.32 Å². The molecule has 1 aromatic rings. The molecular formula is C13H20N2O2S. The zero-order valence-corrected chi connectivity index (χ0v) is 11.2. The van der Waals surface area contributed by atoms with Crippen LogP contribution < -0.4 is 10.0 Å². The zero-order chi connectivity index (χ0) is 12.8. The Kier molecular flexibility index (Phi) is 4.74. The topological polar surface area (TPSA) is 58.2 Å². The highest BCUT2D eigenvalue weighted by atomic mass is 32.2. The first-order valence-electron chi connectivity index (χ1n) is 6.38. The monoisotopic (exact) mass is 268 g/mol. The first-order valence-corrected chi connectivity index (χ1v) is 8.03. The molecule has 0 bridgehead atoms. The van der Waals surface area contributed by atoms with Crippen molar-refractivity contribution in [1.82, 2.24) is 10.0 Å². The largest absolute Gasteiger partial charge is 0.316 e. The predicted octanol–water partition coefficient (Wildman–Crippen LogP) is 0.758. The Hall–Kier alpha value is -0.910. The van der Waals surface area contributed by atoms with Gasteiger partial charge in [-0.2, -0.15) is 0 Å². The van der Waals surface area contributed by atoms with E-state index in [0.717, 1.165) is 25.1 Å². The fourth-order valence-electron chi connectivity index (χ4n) is 2.10. The average molecular weight is 268 g/mol. The Labute approximate surface area is 109 Å². The van der Waals surface area contributed by atoms with Crippen molar-refractivity contribution in [2.45, 2.75) is 12.8 Å². The second-order valence-electron chi connectivity index (χ2n) is 4.76. The Morgan fingerprint density at radius 3 is 2.72 bits per heavy atom. The Balaban J connectivity index is 1.76. The van der Waals surface area contributed by atoms with Gasteiger partial charge in [-0.3, -0.25) is 0 Å². The number of benzene rings is 1. The first-order chi connectivity index (χ1) is 8.66. The highest BCUT2D eigenvalue weighted by Crippen LogP contribution is 2.06. The van der Waals surface area contributed by atoms with E-state index in [0.29, 0.717) is 18.9 Å². The summed E-state index contributed by atoms with van der Waals surface area (Å²) in [5, 5.41) is 3.23. The fourth-order valence-corrected chi connectivity index (χ4v) is 3.24. The molecule has 0 amide bonds. The van der Waals surface area contributed by atoms with E-state index in [4.69, 9.17) is 0 Å². The van der Waals surface area contributed by atoms with Crippen molar-refractivity contribution in [3.8, 4) is 0 Å². The first kappa shape index (κ1) is 13.5. The molecule has 0 aliphatic carbocycles. The van der Waals surface area contributed by atoms with E-state index in [1.165, 1.54) is 0 Å². The Morgan fingerprint density at radius 2 is 2.06 bits per heavy atom. The lowest BCUT2D eigenvalue weighted by molar-refractivity contribution is 0.538. The minimum absolute atomic E-state index is 0.164. The van der Waals surface area contributed by atoms with Crippen LogP contribution in [0.5, 0.6) is 0 Å². The van der Waals surface area contributed by atoms with Gasteiger partial charge in [-0.1, -0.05) is 30.3 Å². The third-order valence-corrected chi connectivity index (χ3v) is 4.60. The van der Waals surface area contributed by atoms with E-state index in [-0.39, 0.29) is 5.75 Å². The Morgan fingerprint density at radius 1 is 1.28 bits per heavy atom. The highest BCUT2D eigenvalue weighted by molar-refractivity contribution is 7.89. The molecule has 1 fully saturated rings. The van der Waals surface area contributed by atoms with Crippen molar-refractivity contribution in [3.63, 3.8) is 0 Å². The fraction of sp³-hybridized carbons (Fsp3) is 0.538. The summed E-state index contributed by atoms with van der Waals surface area (Å²) in [5.74, 6) is 0.605. The van der Waals surface area contributed by atoms with Gasteiger partial charge in [0.15, 0.2) is 0 Å². The summed E-state index contributed by atoms with van der Waals surface area (Å²) in [7, 11) is -3.15. The predicted molar refractivity (Wildman–Crippen MR) is 72.9 cm³/mol. The molecule has 4 nitrogen and oxygen atoms in total. The van der Waals surface area contributed by atoms with Gasteiger partial charge in [-0.15, -0.1) is 0 Å². The second-order valence-corrected chi connectivity index (χ2v) is 6.69. The van der Waals surface area contributed by atoms with Crippen LogP contribution in [0.15, 0.2) is 30.3 Å². The minimum atomic E-state index is -3.15. The number of nitrogens with one attached hydrogen (secondary N) is 2. The van der Waals surface area contributed by atoms with Crippen molar-refractivity contribution >= 4 is 10.0 Å². The van der Waals surface area contributed by atoms with Gasteiger partial charge in [0, 0.05) is 6.54 Å². The van der Waals surface area contributed by atoms with Crippen molar-refractivity contribution < 1.29 is 8.42 Å². The summed E-state index contributed by atoms with van der Waals surface area (Å²) in [5.41, 5.74) is 1.06. The molecule has 1 aromatic carbocycles. The van der Waals surface area contributed by atoms with Crippen molar-refractivity contribution in [1.29, 1.82) is 0 Å². The van der Waals surface area contributed by atoms with Gasteiger partial charge in [0.1, 0.15) is 0 Å². The lowest BCUT2D eigenvalue weighted by atomic mass is 10.1. The molecule has 0 saturated carbocycles. The van der Waals surface area contributed by atoms with E-state index in [9.17, 15) is 8.42 Å². The maximum Gasteiger partial charge on any atom is 0.211 e. The van der Waals surface area contributed by atoms with Crippen LogP contribution in [0, 0.1) is 5.92 Å². The van der Waals surface area contributed by atoms with Crippen LogP contribution in [0.1, 0.15) is 12.0 Å². The third kappa shape index (κ3) is 4.40. The molecule has 18 heavy (non-hydrogen) atoms. The number of sulfonamides is 1. The van der Waals surface area contributed by atoms with E-state index < -0.39 is 10.0 Å². The molecule has 1 aliphatic heterocycles. The maximum atomic E-state index is 11.8. The highest BCUT2D eigenvalue weighted by Gasteiger charge is 2.17. The van der Waals surface area contributed by atoms with Gasteiger partial charge >= 0.3 is 0 Å². The SMILES string of the molecule is O=S(=O)(CCc1ccccc1)NCC1CCNC1. The molecular weight excluding hydrogens is 248 g/mol. The minimum Gasteiger partial charge on any atom is -0.316 e. The quantitative estimate of drug-likeness (QED) is 0.801. The zero-order valence-electron chi connectivity index (χ0n) is 10.4. The second kappa shape index (κ2) is 6.31. The van der Waals surface area contributed by atoms with Crippen molar-refractivity contribution in [2.24, 2.45) is 5.92 Å². The van der Waals surface area contributed by atoms with E-state index in [1.54, 1.807) is 0 Å². The van der Waals surface area contributed by atoms with Gasteiger partial charge in [-0.05, 0) is 37.4 Å². The molecule has 0 spiro atoms. The number of aryl methyl sites for hydroxylation is 1. The summed E-state index contributed by atoms with van der Waals surface area (Å²) in [4.78, 5) is 0.